The van der Waals surface area contributed by atoms with Crippen LogP contribution in [0.25, 0.3) is 11.3 Å². The van der Waals surface area contributed by atoms with E-state index in [2.05, 4.69) is 21.6 Å². The summed E-state index contributed by atoms with van der Waals surface area (Å²) in [6.45, 7) is 4.80. The lowest BCUT2D eigenvalue weighted by atomic mass is 9.90. The highest BCUT2D eigenvalue weighted by Gasteiger charge is 2.30. The van der Waals surface area contributed by atoms with Crippen molar-refractivity contribution in [2.75, 3.05) is 6.61 Å². The van der Waals surface area contributed by atoms with Gasteiger partial charge in [-0.1, -0.05) is 44.2 Å². The van der Waals surface area contributed by atoms with Gasteiger partial charge in [0.1, 0.15) is 11.2 Å². The first-order chi connectivity index (χ1) is 11.9. The number of hydrogen-bond donors (Lipinski definition) is 2. The first-order valence-corrected chi connectivity index (χ1v) is 7.86. The molecule has 1 heterocycles. The molecule has 0 aliphatic rings. The third kappa shape index (κ3) is 4.44. The maximum absolute atomic E-state index is 12.0. The molecule has 2 N–H and O–H groups in total. The van der Waals surface area contributed by atoms with E-state index in [9.17, 15) is 14.9 Å². The molecule has 0 bridgehead atoms. The van der Waals surface area contributed by atoms with Gasteiger partial charge in [0.25, 0.3) is 5.91 Å². The molecular weight excluding hydrogens is 320 g/mol. The number of carbonyl (C=O) groups excluding carboxylic acids is 2. The normalized spacial score (nSPS) is 12.9. The summed E-state index contributed by atoms with van der Waals surface area (Å²) in [7, 11) is 0. The van der Waals surface area contributed by atoms with Gasteiger partial charge < -0.3 is 10.1 Å². The number of carbonyl (C=O) groups is 2. The molecule has 1 aromatic heterocycles. The van der Waals surface area contributed by atoms with Gasteiger partial charge in [-0.05, 0) is 18.9 Å². The van der Waals surface area contributed by atoms with Crippen LogP contribution in [0.5, 0.6) is 0 Å². The van der Waals surface area contributed by atoms with E-state index in [4.69, 9.17) is 4.74 Å². The molecule has 0 unspecified atom stereocenters. The Morgan fingerprint density at radius 2 is 2.04 bits per heavy atom. The second-order valence-corrected chi connectivity index (χ2v) is 6.13. The molecule has 0 spiro atoms. The molecule has 7 heteroatoms. The quantitative estimate of drug-likeness (QED) is 0.784. The summed E-state index contributed by atoms with van der Waals surface area (Å²) in [4.78, 5) is 23.9. The third-order valence-corrected chi connectivity index (χ3v) is 3.99. The van der Waals surface area contributed by atoms with Gasteiger partial charge >= 0.3 is 5.97 Å². The second kappa shape index (κ2) is 7.62. The number of amides is 1. The van der Waals surface area contributed by atoms with Gasteiger partial charge in [-0.25, -0.2) is 4.79 Å². The van der Waals surface area contributed by atoms with E-state index >= 15 is 0 Å². The van der Waals surface area contributed by atoms with Gasteiger partial charge in [0.2, 0.25) is 0 Å². The van der Waals surface area contributed by atoms with Gasteiger partial charge in [0, 0.05) is 5.56 Å². The topological polar surface area (TPSA) is 108 Å². The van der Waals surface area contributed by atoms with Gasteiger partial charge in [-0.15, -0.1) is 0 Å². The van der Waals surface area contributed by atoms with E-state index in [0.29, 0.717) is 5.69 Å². The van der Waals surface area contributed by atoms with Crippen molar-refractivity contribution < 1.29 is 14.3 Å². The lowest BCUT2D eigenvalue weighted by Crippen LogP contribution is -2.50. The van der Waals surface area contributed by atoms with Crippen LogP contribution in [-0.2, 0) is 9.53 Å². The minimum absolute atomic E-state index is 0.0850. The van der Waals surface area contributed by atoms with Gasteiger partial charge in [-0.2, -0.15) is 10.4 Å². The predicted molar refractivity (Wildman–Crippen MR) is 91.3 cm³/mol. The van der Waals surface area contributed by atoms with E-state index in [1.165, 1.54) is 0 Å². The zero-order chi connectivity index (χ0) is 18.4. The van der Waals surface area contributed by atoms with Crippen molar-refractivity contribution in [2.24, 2.45) is 5.92 Å². The number of hydrogen-bond acceptors (Lipinski definition) is 5. The molecule has 25 heavy (non-hydrogen) atoms. The fourth-order valence-electron chi connectivity index (χ4n) is 2.02. The third-order valence-electron chi connectivity index (χ3n) is 3.99. The summed E-state index contributed by atoms with van der Waals surface area (Å²) >= 11 is 0. The molecule has 0 aliphatic carbocycles. The number of nitriles is 1. The van der Waals surface area contributed by atoms with E-state index in [-0.39, 0.29) is 11.6 Å². The number of rotatable bonds is 6. The minimum Gasteiger partial charge on any atom is -0.451 e. The van der Waals surface area contributed by atoms with Crippen molar-refractivity contribution in [2.45, 2.75) is 26.3 Å². The molecule has 130 valence electrons. The monoisotopic (exact) mass is 340 g/mol. The molecule has 0 radical (unpaired) electrons. The lowest BCUT2D eigenvalue weighted by Gasteiger charge is -2.27. The summed E-state index contributed by atoms with van der Waals surface area (Å²) in [6.07, 6.45) is 0. The summed E-state index contributed by atoms with van der Waals surface area (Å²) < 4.78 is 4.98. The van der Waals surface area contributed by atoms with Crippen LogP contribution in [-0.4, -0.2) is 34.2 Å². The van der Waals surface area contributed by atoms with E-state index in [0.717, 1.165) is 5.56 Å². The molecule has 1 atom stereocenters. The summed E-state index contributed by atoms with van der Waals surface area (Å²) in [6, 6.07) is 13.0. The highest BCUT2D eigenvalue weighted by molar-refractivity contribution is 5.90. The number of esters is 1. The predicted octanol–water partition coefficient (Wildman–Crippen LogP) is 2.29. The Labute approximate surface area is 146 Å². The number of H-pyrrole nitrogens is 1. The highest BCUT2D eigenvalue weighted by atomic mass is 16.5. The molecule has 0 aliphatic heterocycles. The minimum atomic E-state index is -1.02. The smallest absolute Gasteiger partial charge is 0.356 e. The Bertz CT molecular complexity index is 792. The Morgan fingerprint density at radius 3 is 2.64 bits per heavy atom. The lowest BCUT2D eigenvalue weighted by molar-refractivity contribution is -0.125. The number of aromatic nitrogens is 2. The zero-order valence-corrected chi connectivity index (χ0v) is 14.4. The van der Waals surface area contributed by atoms with Gasteiger partial charge in [0.05, 0.1) is 11.8 Å². The average Bonchev–Trinajstić information content (AvgIpc) is 3.10. The van der Waals surface area contributed by atoms with Crippen LogP contribution in [0, 0.1) is 17.2 Å². The molecule has 2 aromatic rings. The molecular formula is C18H20N4O3. The van der Waals surface area contributed by atoms with Crippen LogP contribution in [0.4, 0.5) is 0 Å². The van der Waals surface area contributed by atoms with Crippen molar-refractivity contribution in [3.05, 3.63) is 42.1 Å². The molecule has 1 amide bonds. The van der Waals surface area contributed by atoms with Crippen LogP contribution in [0.1, 0.15) is 31.3 Å². The summed E-state index contributed by atoms with van der Waals surface area (Å²) in [5.41, 5.74) is 0.600. The maximum atomic E-state index is 12.0. The van der Waals surface area contributed by atoms with Crippen LogP contribution in [0.3, 0.4) is 0 Å². The van der Waals surface area contributed by atoms with E-state index in [1.54, 1.807) is 13.0 Å². The number of ether oxygens (including phenoxy) is 1. The van der Waals surface area contributed by atoms with E-state index < -0.39 is 24.0 Å². The fraction of sp³-hybridized carbons (Fsp3) is 0.333. The van der Waals surface area contributed by atoms with Gasteiger partial charge in [-0.3, -0.25) is 9.89 Å². The standard InChI is InChI=1S/C18H20N4O3/c1-12(2)18(3,11-19)20-16(23)10-25-17(24)15-9-14(21-22-15)13-7-5-4-6-8-13/h4-9,12H,10H2,1-3H3,(H,20,23)(H,21,22)/t18-/m1/s1. The average molecular weight is 340 g/mol. The molecule has 7 nitrogen and oxygen atoms in total. The van der Waals surface area contributed by atoms with Crippen molar-refractivity contribution in [1.82, 2.24) is 15.5 Å². The highest BCUT2D eigenvalue weighted by Crippen LogP contribution is 2.17. The Hall–Kier alpha value is -3.14. The maximum Gasteiger partial charge on any atom is 0.356 e. The number of aromatic amines is 1. The molecule has 2 rings (SSSR count). The van der Waals surface area contributed by atoms with Crippen LogP contribution >= 0.6 is 0 Å². The SMILES string of the molecule is CC(C)[C@@](C)(C#N)NC(=O)COC(=O)c1cc(-c2ccccc2)n[nH]1. The first kappa shape index (κ1) is 18.2. The molecule has 1 aromatic carbocycles. The van der Waals surface area contributed by atoms with Gasteiger partial charge in [0.15, 0.2) is 6.61 Å². The van der Waals surface area contributed by atoms with Crippen LogP contribution < -0.4 is 5.32 Å². The molecule has 0 saturated carbocycles. The number of benzene rings is 1. The van der Waals surface area contributed by atoms with Crippen molar-refractivity contribution >= 4 is 11.9 Å². The fourth-order valence-corrected chi connectivity index (χ4v) is 2.02. The van der Waals surface area contributed by atoms with Crippen molar-refractivity contribution in [3.63, 3.8) is 0 Å². The second-order valence-electron chi connectivity index (χ2n) is 6.13. The first-order valence-electron chi connectivity index (χ1n) is 7.86. The molecule has 0 saturated heterocycles. The largest absolute Gasteiger partial charge is 0.451 e. The summed E-state index contributed by atoms with van der Waals surface area (Å²) in [5.74, 6) is -1.31. The van der Waals surface area contributed by atoms with E-state index in [1.807, 2.05) is 44.2 Å². The molecule has 0 fully saturated rings. The Kier molecular flexibility index (Phi) is 5.55. The Balaban J connectivity index is 1.94. The zero-order valence-electron chi connectivity index (χ0n) is 14.4. The van der Waals surface area contributed by atoms with Crippen LogP contribution in [0.2, 0.25) is 0 Å². The van der Waals surface area contributed by atoms with Crippen LogP contribution in [0.15, 0.2) is 36.4 Å². The number of nitrogens with zero attached hydrogens (tertiary/aromatic N) is 2. The summed E-state index contributed by atoms with van der Waals surface area (Å²) in [5, 5.41) is 18.4. The Morgan fingerprint density at radius 1 is 1.36 bits per heavy atom. The number of nitrogens with one attached hydrogen (secondary N) is 2. The van der Waals surface area contributed by atoms with Crippen molar-refractivity contribution in [3.8, 4) is 17.3 Å². The van der Waals surface area contributed by atoms with Crippen molar-refractivity contribution in [1.29, 1.82) is 5.26 Å².